The minimum absolute atomic E-state index is 0.0486. The highest BCUT2D eigenvalue weighted by Gasteiger charge is 2.26. The number of anilines is 1. The standard InChI is InChI=1S/C25H33N5O3/c1-4-5-6-12-29(17-31)13-11-23-27-25-20-8-7-18(2)28(3)21(20)9-10-22(25)30(23)14-24(32)26-19-15-33-16-19/h4-6,9-10,12,17-19H,7-8,11,13-16H2,1-3H3,(H,26,32)/b5-4-,12-6-. The van der Waals surface area contributed by atoms with Crippen molar-refractivity contribution >= 4 is 29.0 Å². The molecule has 1 atom stereocenters. The van der Waals surface area contributed by atoms with Crippen LogP contribution in [0.1, 0.15) is 31.7 Å². The summed E-state index contributed by atoms with van der Waals surface area (Å²) in [5.74, 6) is 0.763. The Hall–Kier alpha value is -3.13. The number of nitrogens with zero attached hydrogens (tertiary/aromatic N) is 4. The molecule has 4 rings (SSSR count). The molecule has 8 nitrogen and oxygen atoms in total. The predicted molar refractivity (Wildman–Crippen MR) is 129 cm³/mol. The second kappa shape index (κ2) is 10.2. The lowest BCUT2D eigenvalue weighted by Crippen LogP contribution is -2.49. The van der Waals surface area contributed by atoms with E-state index in [1.54, 1.807) is 11.1 Å². The molecule has 0 saturated carbocycles. The van der Waals surface area contributed by atoms with Crippen LogP contribution in [0.2, 0.25) is 0 Å². The van der Waals surface area contributed by atoms with Crippen LogP contribution in [0.4, 0.5) is 5.69 Å². The monoisotopic (exact) mass is 451 g/mol. The molecule has 33 heavy (non-hydrogen) atoms. The summed E-state index contributed by atoms with van der Waals surface area (Å²) in [6.07, 6.45) is 10.8. The molecular weight excluding hydrogens is 418 g/mol. The van der Waals surface area contributed by atoms with Crippen molar-refractivity contribution in [2.24, 2.45) is 0 Å². The lowest BCUT2D eigenvalue weighted by Gasteiger charge is -2.33. The molecule has 1 unspecified atom stereocenters. The fourth-order valence-corrected chi connectivity index (χ4v) is 4.41. The van der Waals surface area contributed by atoms with Gasteiger partial charge in [-0.05, 0) is 44.9 Å². The van der Waals surface area contributed by atoms with Gasteiger partial charge in [0.05, 0.1) is 30.3 Å². The van der Waals surface area contributed by atoms with Crippen LogP contribution >= 0.6 is 0 Å². The molecule has 2 amide bonds. The van der Waals surface area contributed by atoms with E-state index >= 15 is 0 Å². The van der Waals surface area contributed by atoms with Gasteiger partial charge in [0.15, 0.2) is 0 Å². The summed E-state index contributed by atoms with van der Waals surface area (Å²) in [6.45, 7) is 5.97. The first-order chi connectivity index (χ1) is 16.0. The van der Waals surface area contributed by atoms with Gasteiger partial charge in [-0.15, -0.1) is 0 Å². The molecule has 0 aliphatic carbocycles. The van der Waals surface area contributed by atoms with Crippen molar-refractivity contribution in [3.8, 4) is 0 Å². The lowest BCUT2D eigenvalue weighted by atomic mass is 9.96. The SMILES string of the molecule is C/C=C\C=C/N(C=O)CCc1nc2c3c(ccc2n1CC(=O)NC1COC1)N(C)C(C)CC3. The number of allylic oxidation sites excluding steroid dienone is 3. The molecule has 2 aliphatic rings. The highest BCUT2D eigenvalue weighted by Crippen LogP contribution is 2.35. The fourth-order valence-electron chi connectivity index (χ4n) is 4.41. The summed E-state index contributed by atoms with van der Waals surface area (Å²) in [5.41, 5.74) is 4.37. The van der Waals surface area contributed by atoms with Crippen LogP contribution in [0.5, 0.6) is 0 Å². The molecule has 0 spiro atoms. The van der Waals surface area contributed by atoms with Gasteiger partial charge in [-0.2, -0.15) is 0 Å². The third-order valence-electron chi connectivity index (χ3n) is 6.55. The quantitative estimate of drug-likeness (QED) is 0.468. The molecule has 1 saturated heterocycles. The number of amides is 2. The van der Waals surface area contributed by atoms with E-state index in [4.69, 9.17) is 9.72 Å². The molecule has 176 valence electrons. The molecule has 1 aromatic carbocycles. The highest BCUT2D eigenvalue weighted by atomic mass is 16.5. The van der Waals surface area contributed by atoms with Gasteiger partial charge in [0, 0.05) is 43.5 Å². The third kappa shape index (κ3) is 4.95. The number of hydrogen-bond donors (Lipinski definition) is 1. The van der Waals surface area contributed by atoms with Gasteiger partial charge in [0.1, 0.15) is 12.4 Å². The summed E-state index contributed by atoms with van der Waals surface area (Å²) >= 11 is 0. The number of aryl methyl sites for hydroxylation is 1. The molecule has 1 N–H and O–H groups in total. The minimum Gasteiger partial charge on any atom is -0.377 e. The number of fused-ring (bicyclic) bond motifs is 3. The van der Waals surface area contributed by atoms with Gasteiger partial charge in [-0.1, -0.05) is 12.2 Å². The lowest BCUT2D eigenvalue weighted by molar-refractivity contribution is -0.125. The molecule has 0 radical (unpaired) electrons. The van der Waals surface area contributed by atoms with Gasteiger partial charge in [-0.25, -0.2) is 4.98 Å². The maximum absolute atomic E-state index is 12.8. The molecule has 8 heteroatoms. The molecular formula is C25H33N5O3. The first-order valence-corrected chi connectivity index (χ1v) is 11.6. The molecule has 3 heterocycles. The summed E-state index contributed by atoms with van der Waals surface area (Å²) < 4.78 is 7.18. The maximum Gasteiger partial charge on any atom is 0.240 e. The van der Waals surface area contributed by atoms with Crippen molar-refractivity contribution in [1.82, 2.24) is 19.8 Å². The number of carbonyl (C=O) groups excluding carboxylic acids is 2. The predicted octanol–water partition coefficient (Wildman–Crippen LogP) is 2.41. The van der Waals surface area contributed by atoms with Crippen molar-refractivity contribution in [3.63, 3.8) is 0 Å². The van der Waals surface area contributed by atoms with E-state index in [9.17, 15) is 9.59 Å². The first-order valence-electron chi connectivity index (χ1n) is 11.6. The average molecular weight is 452 g/mol. The van der Waals surface area contributed by atoms with Gasteiger partial charge in [-0.3, -0.25) is 9.59 Å². The van der Waals surface area contributed by atoms with Crippen LogP contribution in [-0.4, -0.2) is 65.7 Å². The largest absolute Gasteiger partial charge is 0.377 e. The van der Waals surface area contributed by atoms with Crippen molar-refractivity contribution in [3.05, 3.63) is 47.9 Å². The normalized spacial score (nSPS) is 18.6. The van der Waals surface area contributed by atoms with E-state index < -0.39 is 0 Å². The van der Waals surface area contributed by atoms with E-state index in [-0.39, 0.29) is 18.5 Å². The number of rotatable bonds is 9. The Balaban J connectivity index is 1.65. The zero-order chi connectivity index (χ0) is 23.4. The summed E-state index contributed by atoms with van der Waals surface area (Å²) in [6, 6.07) is 4.78. The Kier molecular flexibility index (Phi) is 7.13. The van der Waals surface area contributed by atoms with Crippen LogP contribution < -0.4 is 10.2 Å². The molecule has 2 aliphatic heterocycles. The van der Waals surface area contributed by atoms with Gasteiger partial charge in [0.25, 0.3) is 0 Å². The molecule has 2 aromatic rings. The van der Waals surface area contributed by atoms with E-state index in [0.717, 1.165) is 36.1 Å². The van der Waals surface area contributed by atoms with Crippen LogP contribution in [-0.2, 0) is 33.7 Å². The van der Waals surface area contributed by atoms with Crippen LogP contribution in [0.25, 0.3) is 11.0 Å². The Morgan fingerprint density at radius 1 is 1.33 bits per heavy atom. The number of ether oxygens (including phenoxy) is 1. The Morgan fingerprint density at radius 3 is 2.85 bits per heavy atom. The number of hydrogen-bond acceptors (Lipinski definition) is 5. The molecule has 1 fully saturated rings. The van der Waals surface area contributed by atoms with Crippen molar-refractivity contribution in [2.75, 3.05) is 31.7 Å². The van der Waals surface area contributed by atoms with E-state index in [1.807, 2.05) is 29.7 Å². The number of nitrogens with one attached hydrogen (secondary N) is 1. The summed E-state index contributed by atoms with van der Waals surface area (Å²) in [7, 11) is 2.12. The van der Waals surface area contributed by atoms with Crippen LogP contribution in [0.3, 0.4) is 0 Å². The second-order valence-corrected chi connectivity index (χ2v) is 8.81. The minimum atomic E-state index is -0.0486. The first kappa shape index (κ1) is 23.0. The topological polar surface area (TPSA) is 79.7 Å². The van der Waals surface area contributed by atoms with E-state index in [0.29, 0.717) is 32.2 Å². The maximum atomic E-state index is 12.8. The van der Waals surface area contributed by atoms with Gasteiger partial charge < -0.3 is 24.4 Å². The molecule has 1 aromatic heterocycles. The number of benzene rings is 1. The third-order valence-corrected chi connectivity index (χ3v) is 6.55. The number of aromatic nitrogens is 2. The zero-order valence-electron chi connectivity index (χ0n) is 19.7. The van der Waals surface area contributed by atoms with E-state index in [1.165, 1.54) is 11.3 Å². The smallest absolute Gasteiger partial charge is 0.240 e. The average Bonchev–Trinajstić information content (AvgIpc) is 3.13. The van der Waals surface area contributed by atoms with Gasteiger partial charge in [0.2, 0.25) is 12.3 Å². The number of carbonyl (C=O) groups is 2. The number of imidazole rings is 1. The summed E-state index contributed by atoms with van der Waals surface area (Å²) in [5, 5.41) is 3.03. The Bertz CT molecular complexity index is 1070. The van der Waals surface area contributed by atoms with Gasteiger partial charge >= 0.3 is 0 Å². The van der Waals surface area contributed by atoms with Crippen LogP contribution in [0, 0.1) is 0 Å². The van der Waals surface area contributed by atoms with Crippen molar-refractivity contribution in [1.29, 1.82) is 0 Å². The van der Waals surface area contributed by atoms with Crippen molar-refractivity contribution in [2.45, 2.75) is 51.7 Å². The van der Waals surface area contributed by atoms with Crippen LogP contribution in [0.15, 0.2) is 36.6 Å². The fraction of sp³-hybridized carbons (Fsp3) is 0.480. The summed E-state index contributed by atoms with van der Waals surface area (Å²) in [4.78, 5) is 33.2. The zero-order valence-corrected chi connectivity index (χ0v) is 19.7. The molecule has 0 bridgehead atoms. The van der Waals surface area contributed by atoms with E-state index in [2.05, 4.69) is 36.3 Å². The Morgan fingerprint density at radius 2 is 2.15 bits per heavy atom. The van der Waals surface area contributed by atoms with Crippen molar-refractivity contribution < 1.29 is 14.3 Å². The second-order valence-electron chi connectivity index (χ2n) is 8.81. The highest BCUT2D eigenvalue weighted by molar-refractivity contribution is 5.88. The Labute approximate surface area is 194 Å².